The second kappa shape index (κ2) is 3.33. The molecule has 0 aliphatic carbocycles. The Labute approximate surface area is 85.2 Å². The van der Waals surface area contributed by atoms with Crippen LogP contribution in [0.3, 0.4) is 0 Å². The summed E-state index contributed by atoms with van der Waals surface area (Å²) >= 11 is 1.42. The van der Waals surface area contributed by atoms with Crippen LogP contribution in [0.5, 0.6) is 0 Å². The number of hydrogen-bond acceptors (Lipinski definition) is 3. The fourth-order valence-electron chi connectivity index (χ4n) is 1.33. The fourth-order valence-corrected chi connectivity index (χ4v) is 3.01. The molecule has 1 heterocycles. The first-order valence-electron chi connectivity index (χ1n) is 3.94. The number of fused-ring (bicyclic) bond motifs is 1. The van der Waals surface area contributed by atoms with Crippen LogP contribution in [0.25, 0.3) is 10.1 Å². The number of hydrogen-bond donors (Lipinski definition) is 0. The molecule has 0 saturated heterocycles. The highest BCUT2D eigenvalue weighted by Gasteiger charge is 2.12. The molecule has 0 amide bonds. The van der Waals surface area contributed by atoms with Gasteiger partial charge in [-0.1, -0.05) is 18.2 Å². The van der Waals surface area contributed by atoms with Gasteiger partial charge in [-0.25, -0.2) is 0 Å². The molecule has 0 atom stereocenters. The minimum absolute atomic E-state index is 0.531. The maximum atomic E-state index is 12.5. The van der Waals surface area contributed by atoms with Gasteiger partial charge in [0.2, 0.25) is 0 Å². The van der Waals surface area contributed by atoms with Gasteiger partial charge in [0.1, 0.15) is 5.75 Å². The highest BCUT2D eigenvalue weighted by atomic mass is 32.3. The topological polar surface area (TPSA) is 34.1 Å². The van der Waals surface area contributed by atoms with Crippen molar-refractivity contribution in [2.24, 2.45) is 0 Å². The molecule has 1 aromatic carbocycles. The summed E-state index contributed by atoms with van der Waals surface area (Å²) in [5.74, 6) is -0.531. The van der Waals surface area contributed by atoms with Gasteiger partial charge in [-0.3, -0.25) is 0 Å². The van der Waals surface area contributed by atoms with E-state index in [1.165, 1.54) is 11.3 Å². The summed E-state index contributed by atoms with van der Waals surface area (Å²) in [5.41, 5.74) is 0.535. The van der Waals surface area contributed by atoms with Gasteiger partial charge in [0.05, 0.1) is 0 Å². The summed E-state index contributed by atoms with van der Waals surface area (Å²) in [6, 6.07) is 7.36. The molecule has 0 N–H and O–H groups in total. The molecule has 2 aromatic rings. The molecule has 0 aliphatic rings. The largest absolute Gasteiger partial charge is 0.306 e. The van der Waals surface area contributed by atoms with Crippen molar-refractivity contribution in [3.63, 3.8) is 0 Å². The molecule has 0 bridgehead atoms. The van der Waals surface area contributed by atoms with Crippen LogP contribution >= 0.6 is 11.3 Å². The first-order chi connectivity index (χ1) is 6.56. The van der Waals surface area contributed by atoms with Gasteiger partial charge in [-0.05, 0) is 22.4 Å². The van der Waals surface area contributed by atoms with Crippen LogP contribution in [0.15, 0.2) is 29.6 Å². The lowest BCUT2D eigenvalue weighted by atomic mass is 10.2. The van der Waals surface area contributed by atoms with Crippen LogP contribution in [0.2, 0.25) is 0 Å². The standard InChI is InChI=1S/C9H7FO2S2/c10-14(11,12)6-7-5-13-9-4-2-1-3-8(7)9/h1-5H,6H2. The van der Waals surface area contributed by atoms with Crippen LogP contribution < -0.4 is 0 Å². The molecule has 0 spiro atoms. The summed E-state index contributed by atoms with van der Waals surface area (Å²) < 4.78 is 34.4. The van der Waals surface area contributed by atoms with Crippen molar-refractivity contribution >= 4 is 31.6 Å². The SMILES string of the molecule is O=S(=O)(F)Cc1csc2ccccc12. The van der Waals surface area contributed by atoms with Crippen LogP contribution in [0.1, 0.15) is 5.56 Å². The quantitative estimate of drug-likeness (QED) is 0.743. The number of benzene rings is 1. The van der Waals surface area contributed by atoms with E-state index in [1.807, 2.05) is 18.2 Å². The van der Waals surface area contributed by atoms with Crippen molar-refractivity contribution < 1.29 is 12.3 Å². The molecule has 74 valence electrons. The Morgan fingerprint density at radius 3 is 2.71 bits per heavy atom. The van der Waals surface area contributed by atoms with Gasteiger partial charge < -0.3 is 0 Å². The van der Waals surface area contributed by atoms with E-state index in [-0.39, 0.29) is 0 Å². The fraction of sp³-hybridized carbons (Fsp3) is 0.111. The molecule has 1 aromatic heterocycles. The highest BCUT2D eigenvalue weighted by molar-refractivity contribution is 7.85. The minimum Gasteiger partial charge on any atom is -0.194 e. The maximum absolute atomic E-state index is 12.5. The molecule has 0 unspecified atom stereocenters. The van der Waals surface area contributed by atoms with Crippen LogP contribution in [-0.4, -0.2) is 8.42 Å². The summed E-state index contributed by atoms with van der Waals surface area (Å²) in [7, 11) is -4.43. The van der Waals surface area contributed by atoms with Gasteiger partial charge >= 0.3 is 10.2 Å². The third-order valence-corrected chi connectivity index (χ3v) is 3.56. The Balaban J connectivity index is 2.54. The first-order valence-corrected chi connectivity index (χ1v) is 6.37. The smallest absolute Gasteiger partial charge is 0.194 e. The first kappa shape index (κ1) is 9.61. The van der Waals surface area contributed by atoms with Crippen molar-refractivity contribution in [2.75, 3.05) is 0 Å². The van der Waals surface area contributed by atoms with E-state index in [0.717, 1.165) is 10.1 Å². The maximum Gasteiger partial charge on any atom is 0.306 e. The zero-order chi connectivity index (χ0) is 10.2. The van der Waals surface area contributed by atoms with Crippen molar-refractivity contribution in [3.8, 4) is 0 Å². The zero-order valence-corrected chi connectivity index (χ0v) is 8.74. The zero-order valence-electron chi connectivity index (χ0n) is 7.10. The monoisotopic (exact) mass is 230 g/mol. The molecule has 0 fully saturated rings. The average Bonchev–Trinajstić information content (AvgIpc) is 2.47. The lowest BCUT2D eigenvalue weighted by Gasteiger charge is -1.93. The molecule has 0 aliphatic heterocycles. The number of halogens is 1. The summed E-state index contributed by atoms with van der Waals surface area (Å²) in [4.78, 5) is 0. The Kier molecular flexibility index (Phi) is 2.28. The molecule has 2 nitrogen and oxygen atoms in total. The predicted octanol–water partition coefficient (Wildman–Crippen LogP) is 2.70. The Morgan fingerprint density at radius 2 is 2.00 bits per heavy atom. The molecule has 0 saturated carbocycles. The molecule has 14 heavy (non-hydrogen) atoms. The van der Waals surface area contributed by atoms with Crippen molar-refractivity contribution in [2.45, 2.75) is 5.75 Å². The van der Waals surface area contributed by atoms with Gasteiger partial charge in [-0.15, -0.1) is 15.2 Å². The Bertz CT molecular complexity index is 557. The summed E-state index contributed by atoms with van der Waals surface area (Å²) in [6.07, 6.45) is 0. The Hall–Kier alpha value is -0.940. The third kappa shape index (κ3) is 1.93. The third-order valence-electron chi connectivity index (χ3n) is 1.89. The minimum atomic E-state index is -4.43. The molecule has 5 heteroatoms. The lowest BCUT2D eigenvalue weighted by molar-refractivity contribution is 0.551. The van der Waals surface area contributed by atoms with Crippen molar-refractivity contribution in [1.82, 2.24) is 0 Å². The van der Waals surface area contributed by atoms with Crippen molar-refractivity contribution in [3.05, 3.63) is 35.2 Å². The van der Waals surface area contributed by atoms with Gasteiger partial charge in [-0.2, -0.15) is 8.42 Å². The summed E-state index contributed by atoms with van der Waals surface area (Å²) in [6.45, 7) is 0. The van der Waals surface area contributed by atoms with Gasteiger partial charge in [0.25, 0.3) is 0 Å². The van der Waals surface area contributed by atoms with E-state index in [0.29, 0.717) is 5.56 Å². The highest BCUT2D eigenvalue weighted by Crippen LogP contribution is 2.27. The molecular formula is C9H7FO2S2. The predicted molar refractivity (Wildman–Crippen MR) is 55.6 cm³/mol. The average molecular weight is 230 g/mol. The molecular weight excluding hydrogens is 223 g/mol. The van der Waals surface area contributed by atoms with Crippen molar-refractivity contribution in [1.29, 1.82) is 0 Å². The van der Waals surface area contributed by atoms with E-state index >= 15 is 0 Å². The normalized spacial score (nSPS) is 12.1. The van der Waals surface area contributed by atoms with Crippen LogP contribution in [0, 0.1) is 0 Å². The number of rotatable bonds is 2. The van der Waals surface area contributed by atoms with Gasteiger partial charge in [0.15, 0.2) is 0 Å². The second-order valence-electron chi connectivity index (χ2n) is 2.94. The van der Waals surface area contributed by atoms with Crippen LogP contribution in [0.4, 0.5) is 3.89 Å². The lowest BCUT2D eigenvalue weighted by Crippen LogP contribution is -1.94. The van der Waals surface area contributed by atoms with E-state index in [9.17, 15) is 12.3 Å². The second-order valence-corrected chi connectivity index (χ2v) is 5.22. The van der Waals surface area contributed by atoms with Gasteiger partial charge in [0, 0.05) is 4.70 Å². The molecule has 0 radical (unpaired) electrons. The van der Waals surface area contributed by atoms with E-state index < -0.39 is 16.0 Å². The summed E-state index contributed by atoms with van der Waals surface area (Å²) in [5, 5.41) is 2.50. The molecule has 2 rings (SSSR count). The number of thiophene rings is 1. The Morgan fingerprint density at radius 1 is 1.29 bits per heavy atom. The van der Waals surface area contributed by atoms with Crippen LogP contribution in [-0.2, 0) is 16.0 Å². The van der Waals surface area contributed by atoms with E-state index in [4.69, 9.17) is 0 Å². The van der Waals surface area contributed by atoms with E-state index in [1.54, 1.807) is 11.4 Å². The van der Waals surface area contributed by atoms with E-state index in [2.05, 4.69) is 0 Å².